The molecule has 0 aliphatic carbocycles. The fourth-order valence-corrected chi connectivity index (χ4v) is 2.47. The van der Waals surface area contributed by atoms with Gasteiger partial charge in [0.2, 0.25) is 0 Å². The molecule has 0 atom stereocenters. The summed E-state index contributed by atoms with van der Waals surface area (Å²) in [5.74, 6) is 1.05. The lowest BCUT2D eigenvalue weighted by Crippen LogP contribution is -1.93. The molecule has 0 aliphatic heterocycles. The first-order valence-corrected chi connectivity index (χ1v) is 6.72. The van der Waals surface area contributed by atoms with Crippen LogP contribution in [0, 0.1) is 0 Å². The third kappa shape index (κ3) is 3.79. The number of benzene rings is 1. The van der Waals surface area contributed by atoms with Crippen LogP contribution in [0.15, 0.2) is 53.7 Å². The van der Waals surface area contributed by atoms with Gasteiger partial charge in [-0.15, -0.1) is 11.8 Å². The van der Waals surface area contributed by atoms with Gasteiger partial charge in [0.25, 0.3) is 0 Å². The molecule has 0 bridgehead atoms. The van der Waals surface area contributed by atoms with Crippen molar-refractivity contribution in [2.24, 2.45) is 0 Å². The monoisotopic (exact) mass is 244 g/mol. The maximum atomic E-state index is 5.83. The maximum Gasteiger partial charge on any atom is 0.119 e. The van der Waals surface area contributed by atoms with Crippen LogP contribution in [-0.4, -0.2) is 10.7 Å². The fraction of sp³-hybridized carbons (Fsp3) is 0.214. The molecule has 0 saturated carbocycles. The van der Waals surface area contributed by atoms with Crippen LogP contribution in [0.1, 0.15) is 12.0 Å². The molecule has 2 nitrogen and oxygen atoms in total. The molecule has 0 amide bonds. The number of hydrogen-bond donors (Lipinski definition) is 1. The minimum atomic E-state index is 0.775. The van der Waals surface area contributed by atoms with Crippen molar-refractivity contribution in [3.05, 3.63) is 54.2 Å². The molecule has 3 heteroatoms. The van der Waals surface area contributed by atoms with Gasteiger partial charge in [0.15, 0.2) is 0 Å². The van der Waals surface area contributed by atoms with Gasteiger partial charge in [0, 0.05) is 6.20 Å². The highest BCUT2D eigenvalue weighted by atomic mass is 32.2. The first kappa shape index (κ1) is 12.0. The Kier molecular flexibility index (Phi) is 4.45. The molecule has 1 heterocycles. The topological polar surface area (TPSA) is 38.9 Å². The summed E-state index contributed by atoms with van der Waals surface area (Å²) in [7, 11) is 0. The number of thioether (sulfide) groups is 1. The minimum absolute atomic E-state index is 0.775. The Morgan fingerprint density at radius 2 is 1.88 bits per heavy atom. The third-order valence-electron chi connectivity index (χ3n) is 2.49. The van der Waals surface area contributed by atoms with Crippen molar-refractivity contribution in [1.29, 1.82) is 0 Å². The van der Waals surface area contributed by atoms with Gasteiger partial charge in [-0.2, -0.15) is 0 Å². The Balaban J connectivity index is 1.76. The Morgan fingerprint density at radius 3 is 2.65 bits per heavy atom. The summed E-state index contributed by atoms with van der Waals surface area (Å²) < 4.78 is 0. The van der Waals surface area contributed by atoms with Gasteiger partial charge in [0.1, 0.15) is 5.03 Å². The zero-order chi connectivity index (χ0) is 11.9. The molecule has 0 saturated heterocycles. The molecule has 0 aliphatic rings. The van der Waals surface area contributed by atoms with Gasteiger partial charge >= 0.3 is 0 Å². The molecule has 17 heavy (non-hydrogen) atoms. The summed E-state index contributed by atoms with van der Waals surface area (Å²) in [6, 6.07) is 14.3. The van der Waals surface area contributed by atoms with Gasteiger partial charge in [0.05, 0.1) is 5.69 Å². The van der Waals surface area contributed by atoms with E-state index in [0.29, 0.717) is 0 Å². The number of aromatic nitrogens is 1. The summed E-state index contributed by atoms with van der Waals surface area (Å²) in [6.45, 7) is 0. The highest BCUT2D eigenvalue weighted by Gasteiger charge is 2.00. The molecular weight excluding hydrogens is 228 g/mol. The molecule has 2 N–H and O–H groups in total. The summed E-state index contributed by atoms with van der Waals surface area (Å²) in [5.41, 5.74) is 8.00. The van der Waals surface area contributed by atoms with E-state index in [1.54, 1.807) is 18.0 Å². The van der Waals surface area contributed by atoms with Gasteiger partial charge in [-0.05, 0) is 36.3 Å². The predicted molar refractivity (Wildman–Crippen MR) is 74.1 cm³/mol. The fourth-order valence-electron chi connectivity index (χ4n) is 1.61. The molecule has 0 unspecified atom stereocenters. The number of nitrogens with two attached hydrogens (primary N) is 1. The second-order valence-electron chi connectivity index (χ2n) is 3.84. The van der Waals surface area contributed by atoms with Crippen LogP contribution in [0.5, 0.6) is 0 Å². The summed E-state index contributed by atoms with van der Waals surface area (Å²) in [5, 5.41) is 0.945. The van der Waals surface area contributed by atoms with Crippen LogP contribution < -0.4 is 5.73 Å². The molecule has 88 valence electrons. The molecule has 2 rings (SSSR count). The molecule has 0 fully saturated rings. The zero-order valence-electron chi connectivity index (χ0n) is 9.67. The standard InChI is InChI=1S/C14H16N2S/c15-13-9-4-10-16-14(13)17-11-5-8-12-6-2-1-3-7-12/h1-4,6-7,9-10H,5,8,11,15H2. The number of aryl methyl sites for hydroxylation is 1. The van der Waals surface area contributed by atoms with Crippen molar-refractivity contribution in [3.8, 4) is 0 Å². The molecule has 0 radical (unpaired) electrons. The van der Waals surface area contributed by atoms with Gasteiger partial charge in [-0.1, -0.05) is 30.3 Å². The number of nitrogens with zero attached hydrogens (tertiary/aromatic N) is 1. The van der Waals surface area contributed by atoms with Crippen molar-refractivity contribution in [1.82, 2.24) is 4.98 Å². The van der Waals surface area contributed by atoms with Gasteiger partial charge in [-0.3, -0.25) is 0 Å². The van der Waals surface area contributed by atoms with Crippen molar-refractivity contribution in [3.63, 3.8) is 0 Å². The van der Waals surface area contributed by atoms with Crippen LogP contribution in [0.25, 0.3) is 0 Å². The Morgan fingerprint density at radius 1 is 1.06 bits per heavy atom. The lowest BCUT2D eigenvalue weighted by molar-refractivity contribution is 0.931. The number of pyridine rings is 1. The Labute approximate surface area is 106 Å². The Hall–Kier alpha value is -1.48. The summed E-state index contributed by atoms with van der Waals surface area (Å²) >= 11 is 1.73. The molecular formula is C14H16N2S. The van der Waals surface area contributed by atoms with E-state index < -0.39 is 0 Å². The summed E-state index contributed by atoms with van der Waals surface area (Å²) in [6.07, 6.45) is 4.04. The van der Waals surface area contributed by atoms with E-state index in [9.17, 15) is 0 Å². The summed E-state index contributed by atoms with van der Waals surface area (Å²) in [4.78, 5) is 4.26. The highest BCUT2D eigenvalue weighted by molar-refractivity contribution is 7.99. The third-order valence-corrected chi connectivity index (χ3v) is 3.60. The lowest BCUT2D eigenvalue weighted by atomic mass is 10.1. The van der Waals surface area contributed by atoms with Crippen molar-refractivity contribution >= 4 is 17.4 Å². The first-order chi connectivity index (χ1) is 8.36. The number of anilines is 1. The van der Waals surface area contributed by atoms with Crippen LogP contribution in [0.2, 0.25) is 0 Å². The molecule has 2 aromatic rings. The normalized spacial score (nSPS) is 10.4. The van der Waals surface area contributed by atoms with Crippen molar-refractivity contribution in [2.75, 3.05) is 11.5 Å². The smallest absolute Gasteiger partial charge is 0.119 e. The van der Waals surface area contributed by atoms with Gasteiger partial charge < -0.3 is 5.73 Å². The second-order valence-corrected chi connectivity index (χ2v) is 4.92. The van der Waals surface area contributed by atoms with Crippen molar-refractivity contribution < 1.29 is 0 Å². The first-order valence-electron chi connectivity index (χ1n) is 5.73. The molecule has 1 aromatic heterocycles. The predicted octanol–water partition coefficient (Wildman–Crippen LogP) is 3.39. The van der Waals surface area contributed by atoms with E-state index in [4.69, 9.17) is 5.73 Å². The second kappa shape index (κ2) is 6.30. The zero-order valence-corrected chi connectivity index (χ0v) is 10.5. The SMILES string of the molecule is Nc1cccnc1SCCCc1ccccc1. The number of nitrogen functional groups attached to an aromatic ring is 1. The van der Waals surface area contributed by atoms with Crippen LogP contribution >= 0.6 is 11.8 Å². The van der Waals surface area contributed by atoms with Crippen LogP contribution in [-0.2, 0) is 6.42 Å². The van der Waals surface area contributed by atoms with Crippen LogP contribution in [0.3, 0.4) is 0 Å². The quantitative estimate of drug-likeness (QED) is 0.647. The van der Waals surface area contributed by atoms with Crippen LogP contribution in [0.4, 0.5) is 5.69 Å². The molecule has 1 aromatic carbocycles. The average molecular weight is 244 g/mol. The van der Waals surface area contributed by atoms with E-state index in [1.807, 2.05) is 18.2 Å². The van der Waals surface area contributed by atoms with E-state index in [0.717, 1.165) is 29.3 Å². The van der Waals surface area contributed by atoms with Crippen molar-refractivity contribution in [2.45, 2.75) is 17.9 Å². The number of hydrogen-bond acceptors (Lipinski definition) is 3. The minimum Gasteiger partial charge on any atom is -0.397 e. The van der Waals surface area contributed by atoms with E-state index in [-0.39, 0.29) is 0 Å². The highest BCUT2D eigenvalue weighted by Crippen LogP contribution is 2.22. The maximum absolute atomic E-state index is 5.83. The average Bonchev–Trinajstić information content (AvgIpc) is 2.38. The Bertz CT molecular complexity index is 457. The number of rotatable bonds is 5. The molecule has 0 spiro atoms. The van der Waals surface area contributed by atoms with E-state index in [1.165, 1.54) is 5.56 Å². The lowest BCUT2D eigenvalue weighted by Gasteiger charge is -2.03. The van der Waals surface area contributed by atoms with E-state index in [2.05, 4.69) is 29.2 Å². The van der Waals surface area contributed by atoms with Gasteiger partial charge in [-0.25, -0.2) is 4.98 Å². The largest absolute Gasteiger partial charge is 0.397 e. The van der Waals surface area contributed by atoms with E-state index >= 15 is 0 Å².